The quantitative estimate of drug-likeness (QED) is 0.589. The first-order valence-electron chi connectivity index (χ1n) is 9.49. The van der Waals surface area contributed by atoms with Gasteiger partial charge in [-0.1, -0.05) is 12.1 Å². The molecule has 3 rings (SSSR count). The van der Waals surface area contributed by atoms with Crippen LogP contribution >= 0.6 is 0 Å². The number of amides is 1. The summed E-state index contributed by atoms with van der Waals surface area (Å²) in [5, 5.41) is 26.9. The number of phenols is 1. The van der Waals surface area contributed by atoms with Gasteiger partial charge in [-0.3, -0.25) is 4.79 Å². The van der Waals surface area contributed by atoms with Crippen molar-refractivity contribution in [2.24, 2.45) is 0 Å². The molecule has 0 saturated carbocycles. The number of nitrogens with one attached hydrogen (secondary N) is 2. The Labute approximate surface area is 165 Å². The number of carbonyl (C=O) groups is 1. The maximum absolute atomic E-state index is 11.6. The largest absolute Gasteiger partial charge is 0.508 e. The Bertz CT molecular complexity index is 846. The summed E-state index contributed by atoms with van der Waals surface area (Å²) in [4.78, 5) is 11.6. The van der Waals surface area contributed by atoms with Crippen molar-refractivity contribution in [3.05, 3.63) is 53.1 Å². The molecule has 6 heteroatoms. The first kappa shape index (κ1) is 20.2. The summed E-state index contributed by atoms with van der Waals surface area (Å²) in [6, 6.07) is 11.1. The normalized spacial score (nSPS) is 14.9. The van der Waals surface area contributed by atoms with E-state index in [0.717, 1.165) is 17.7 Å². The van der Waals surface area contributed by atoms with Crippen LogP contribution in [0.1, 0.15) is 43.1 Å². The second-order valence-electron chi connectivity index (χ2n) is 7.91. The average molecular weight is 384 g/mol. The fourth-order valence-corrected chi connectivity index (χ4v) is 3.62. The molecule has 0 aliphatic carbocycles. The van der Waals surface area contributed by atoms with Crippen molar-refractivity contribution in [1.29, 1.82) is 0 Å². The zero-order valence-electron chi connectivity index (χ0n) is 16.6. The van der Waals surface area contributed by atoms with Gasteiger partial charge in [0, 0.05) is 30.3 Å². The summed E-state index contributed by atoms with van der Waals surface area (Å²) in [6.45, 7) is 4.51. The molecule has 0 radical (unpaired) electrons. The lowest BCUT2D eigenvalue weighted by molar-refractivity contribution is -0.116. The molecule has 150 valence electrons. The van der Waals surface area contributed by atoms with E-state index in [4.69, 9.17) is 4.74 Å². The Balaban J connectivity index is 1.67. The molecule has 6 nitrogen and oxygen atoms in total. The van der Waals surface area contributed by atoms with Crippen LogP contribution in [0.5, 0.6) is 11.5 Å². The third kappa shape index (κ3) is 4.82. The minimum absolute atomic E-state index is 0.0347. The summed E-state index contributed by atoms with van der Waals surface area (Å²) in [5.74, 6) is 0.787. The average Bonchev–Trinajstić information content (AvgIpc) is 2.65. The van der Waals surface area contributed by atoms with Crippen molar-refractivity contribution in [2.45, 2.75) is 44.8 Å². The number of β-amino-alcohol motifs (C(OH)–C–C–N with tert-alkyl or cyclic N) is 1. The van der Waals surface area contributed by atoms with Crippen LogP contribution in [0.3, 0.4) is 0 Å². The maximum atomic E-state index is 11.6. The summed E-state index contributed by atoms with van der Waals surface area (Å²) < 4.78 is 5.19. The standard InChI is InChI=1S/C22H28N2O4/c1-22(2,12-14-4-6-16(28-3)7-5-14)23-13-20(26)18-10-15(25)11-19-17(18)8-9-21(27)24-19/h4-7,10-11,20,23,25-26H,8-9,12-13H2,1-3H3,(H,24,27). The number of phenolic OH excluding ortho intramolecular Hbond substituents is 1. The third-order valence-corrected chi connectivity index (χ3v) is 5.08. The molecule has 0 aromatic heterocycles. The van der Waals surface area contributed by atoms with E-state index in [0.29, 0.717) is 30.6 Å². The molecule has 0 saturated heterocycles. The number of anilines is 1. The molecule has 4 N–H and O–H groups in total. The Kier molecular flexibility index (Phi) is 5.91. The molecule has 28 heavy (non-hydrogen) atoms. The van der Waals surface area contributed by atoms with Crippen LogP contribution < -0.4 is 15.4 Å². The van der Waals surface area contributed by atoms with Gasteiger partial charge in [0.25, 0.3) is 0 Å². The second kappa shape index (κ2) is 8.20. The third-order valence-electron chi connectivity index (χ3n) is 5.08. The van der Waals surface area contributed by atoms with Gasteiger partial charge in [0.1, 0.15) is 11.5 Å². The van der Waals surface area contributed by atoms with Crippen LogP contribution in [0.4, 0.5) is 5.69 Å². The number of aliphatic hydroxyl groups excluding tert-OH is 1. The van der Waals surface area contributed by atoms with Crippen LogP contribution in [0.2, 0.25) is 0 Å². The van der Waals surface area contributed by atoms with Gasteiger partial charge in [-0.25, -0.2) is 0 Å². The monoisotopic (exact) mass is 384 g/mol. The van der Waals surface area contributed by atoms with E-state index in [9.17, 15) is 15.0 Å². The highest BCUT2D eigenvalue weighted by Gasteiger charge is 2.25. The van der Waals surface area contributed by atoms with Gasteiger partial charge < -0.3 is 25.6 Å². The summed E-state index contributed by atoms with van der Waals surface area (Å²) in [7, 11) is 1.65. The molecule has 1 aliphatic heterocycles. The number of carbonyl (C=O) groups excluding carboxylic acids is 1. The lowest BCUT2D eigenvalue weighted by Crippen LogP contribution is -2.43. The number of aromatic hydroxyl groups is 1. The Hall–Kier alpha value is -2.57. The number of hydrogen-bond acceptors (Lipinski definition) is 5. The van der Waals surface area contributed by atoms with Crippen LogP contribution in [-0.4, -0.2) is 35.3 Å². The molecule has 0 bridgehead atoms. The van der Waals surface area contributed by atoms with E-state index in [1.807, 2.05) is 24.3 Å². The summed E-state index contributed by atoms with van der Waals surface area (Å²) in [6.07, 6.45) is 0.945. The first-order valence-corrected chi connectivity index (χ1v) is 9.49. The number of benzene rings is 2. The van der Waals surface area contributed by atoms with Gasteiger partial charge in [-0.05, 0) is 61.6 Å². The van der Waals surface area contributed by atoms with E-state index in [1.165, 1.54) is 11.6 Å². The highest BCUT2D eigenvalue weighted by molar-refractivity contribution is 5.94. The number of fused-ring (bicyclic) bond motifs is 1. The molecular weight excluding hydrogens is 356 g/mol. The minimum atomic E-state index is -0.786. The van der Waals surface area contributed by atoms with Gasteiger partial charge in [-0.2, -0.15) is 0 Å². The molecule has 1 amide bonds. The predicted octanol–water partition coefficient (Wildman–Crippen LogP) is 2.93. The fourth-order valence-electron chi connectivity index (χ4n) is 3.62. The van der Waals surface area contributed by atoms with Gasteiger partial charge in [0.05, 0.1) is 13.2 Å². The van der Waals surface area contributed by atoms with E-state index < -0.39 is 6.10 Å². The Morgan fingerprint density at radius 2 is 1.93 bits per heavy atom. The van der Waals surface area contributed by atoms with Crippen molar-refractivity contribution < 1.29 is 19.7 Å². The molecule has 1 unspecified atom stereocenters. The zero-order chi connectivity index (χ0) is 20.3. The lowest BCUT2D eigenvalue weighted by Gasteiger charge is -2.29. The summed E-state index contributed by atoms with van der Waals surface area (Å²) in [5.41, 5.74) is 3.07. The molecule has 0 spiro atoms. The van der Waals surface area contributed by atoms with Crippen LogP contribution in [-0.2, 0) is 17.6 Å². The number of aliphatic hydroxyl groups is 1. The molecule has 2 aromatic rings. The van der Waals surface area contributed by atoms with E-state index >= 15 is 0 Å². The maximum Gasteiger partial charge on any atom is 0.224 e. The molecule has 1 heterocycles. The van der Waals surface area contributed by atoms with Crippen molar-refractivity contribution in [3.8, 4) is 11.5 Å². The van der Waals surface area contributed by atoms with Gasteiger partial charge in [0.15, 0.2) is 0 Å². The van der Waals surface area contributed by atoms with Gasteiger partial charge in [-0.15, -0.1) is 0 Å². The zero-order valence-corrected chi connectivity index (χ0v) is 16.6. The van der Waals surface area contributed by atoms with Crippen LogP contribution in [0.25, 0.3) is 0 Å². The highest BCUT2D eigenvalue weighted by Crippen LogP contribution is 2.34. The molecule has 1 atom stereocenters. The number of methoxy groups -OCH3 is 1. The van der Waals surface area contributed by atoms with Crippen molar-refractivity contribution in [3.63, 3.8) is 0 Å². The van der Waals surface area contributed by atoms with Gasteiger partial charge >= 0.3 is 0 Å². The molecule has 1 aliphatic rings. The van der Waals surface area contributed by atoms with E-state index in [1.54, 1.807) is 13.2 Å². The minimum Gasteiger partial charge on any atom is -0.508 e. The molecule has 2 aromatic carbocycles. The lowest BCUT2D eigenvalue weighted by atomic mass is 9.92. The number of ether oxygens (including phenoxy) is 1. The number of hydrogen-bond donors (Lipinski definition) is 4. The topological polar surface area (TPSA) is 90.8 Å². The second-order valence-corrected chi connectivity index (χ2v) is 7.91. The first-order chi connectivity index (χ1) is 13.3. The SMILES string of the molecule is COc1ccc(CC(C)(C)NCC(O)c2cc(O)cc3c2CCC(=O)N3)cc1. The van der Waals surface area contributed by atoms with Gasteiger partial charge in [0.2, 0.25) is 5.91 Å². The smallest absolute Gasteiger partial charge is 0.224 e. The highest BCUT2D eigenvalue weighted by atomic mass is 16.5. The Morgan fingerprint density at radius 3 is 2.61 bits per heavy atom. The Morgan fingerprint density at radius 1 is 1.21 bits per heavy atom. The van der Waals surface area contributed by atoms with E-state index in [2.05, 4.69) is 24.5 Å². The van der Waals surface area contributed by atoms with Crippen molar-refractivity contribution >= 4 is 11.6 Å². The molecule has 0 fully saturated rings. The van der Waals surface area contributed by atoms with E-state index in [-0.39, 0.29) is 17.2 Å². The fraction of sp³-hybridized carbons (Fsp3) is 0.409. The predicted molar refractivity (Wildman–Crippen MR) is 109 cm³/mol. The van der Waals surface area contributed by atoms with Crippen molar-refractivity contribution in [1.82, 2.24) is 5.32 Å². The summed E-state index contributed by atoms with van der Waals surface area (Å²) >= 11 is 0. The van der Waals surface area contributed by atoms with Crippen molar-refractivity contribution in [2.75, 3.05) is 19.0 Å². The van der Waals surface area contributed by atoms with Crippen LogP contribution in [0, 0.1) is 0 Å². The molecular formula is C22H28N2O4. The number of rotatable bonds is 7. The van der Waals surface area contributed by atoms with Crippen LogP contribution in [0.15, 0.2) is 36.4 Å².